The number of amides is 1. The Balaban J connectivity index is 1.87. The molecule has 1 amide bonds. The number of hydrogen-bond acceptors (Lipinski definition) is 5. The Kier molecular flexibility index (Phi) is 4.99. The first-order valence-corrected chi connectivity index (χ1v) is 9.81. The zero-order valence-electron chi connectivity index (χ0n) is 15.5. The molecule has 0 aliphatic rings. The highest BCUT2D eigenvalue weighted by molar-refractivity contribution is 7.89. The van der Waals surface area contributed by atoms with E-state index in [1.807, 2.05) is 13.8 Å². The average molecular weight is 387 g/mol. The van der Waals surface area contributed by atoms with Crippen molar-refractivity contribution in [3.05, 3.63) is 48.3 Å². The van der Waals surface area contributed by atoms with Crippen LogP contribution in [-0.4, -0.2) is 47.5 Å². The van der Waals surface area contributed by atoms with Crippen LogP contribution in [0.25, 0.3) is 11.0 Å². The van der Waals surface area contributed by atoms with Crippen molar-refractivity contribution in [1.82, 2.24) is 19.1 Å². The molecular weight excluding hydrogens is 366 g/mol. The molecule has 142 valence electrons. The van der Waals surface area contributed by atoms with Crippen LogP contribution in [0.3, 0.4) is 0 Å². The van der Waals surface area contributed by atoms with Crippen LogP contribution in [0, 0.1) is 0 Å². The maximum absolute atomic E-state index is 12.5. The van der Waals surface area contributed by atoms with Crippen LogP contribution in [0.5, 0.6) is 0 Å². The summed E-state index contributed by atoms with van der Waals surface area (Å²) in [4.78, 5) is 17.0. The first kappa shape index (κ1) is 19.0. The number of benzene rings is 1. The molecule has 1 N–H and O–H groups in total. The van der Waals surface area contributed by atoms with Crippen molar-refractivity contribution in [2.45, 2.75) is 24.8 Å². The number of hydrogen-bond donors (Lipinski definition) is 1. The number of nitrogens with zero attached hydrogens (tertiary/aromatic N) is 4. The van der Waals surface area contributed by atoms with Crippen molar-refractivity contribution in [3.63, 3.8) is 0 Å². The molecule has 0 atom stereocenters. The van der Waals surface area contributed by atoms with Gasteiger partial charge in [0.25, 0.3) is 5.91 Å². The lowest BCUT2D eigenvalue weighted by Gasteiger charge is -2.12. The van der Waals surface area contributed by atoms with E-state index in [1.54, 1.807) is 35.3 Å². The molecule has 0 radical (unpaired) electrons. The van der Waals surface area contributed by atoms with E-state index < -0.39 is 15.9 Å². The molecule has 2 heterocycles. The van der Waals surface area contributed by atoms with Crippen LogP contribution in [0.1, 0.15) is 30.2 Å². The van der Waals surface area contributed by atoms with E-state index in [1.165, 1.54) is 26.2 Å². The van der Waals surface area contributed by atoms with Crippen molar-refractivity contribution in [1.29, 1.82) is 0 Å². The quantitative estimate of drug-likeness (QED) is 0.725. The van der Waals surface area contributed by atoms with Crippen LogP contribution >= 0.6 is 0 Å². The number of carbonyl (C=O) groups excluding carboxylic acids is 1. The third kappa shape index (κ3) is 3.69. The summed E-state index contributed by atoms with van der Waals surface area (Å²) in [7, 11) is -0.721. The predicted molar refractivity (Wildman–Crippen MR) is 103 cm³/mol. The van der Waals surface area contributed by atoms with Gasteiger partial charge in [-0.3, -0.25) is 4.79 Å². The second kappa shape index (κ2) is 7.09. The summed E-state index contributed by atoms with van der Waals surface area (Å²) in [5.74, 6) is -0.414. The van der Waals surface area contributed by atoms with E-state index in [4.69, 9.17) is 0 Å². The van der Waals surface area contributed by atoms with Crippen LogP contribution in [-0.2, 0) is 10.0 Å². The minimum absolute atomic E-state index is 0.0620. The average Bonchev–Trinajstić information content (AvgIpc) is 3.05. The first-order valence-electron chi connectivity index (χ1n) is 8.37. The molecule has 8 nitrogen and oxygen atoms in total. The fourth-order valence-electron chi connectivity index (χ4n) is 2.60. The molecule has 0 spiro atoms. The summed E-state index contributed by atoms with van der Waals surface area (Å²) in [6.07, 6.45) is 3.25. The van der Waals surface area contributed by atoms with E-state index >= 15 is 0 Å². The van der Waals surface area contributed by atoms with Crippen molar-refractivity contribution in [2.24, 2.45) is 0 Å². The van der Waals surface area contributed by atoms with E-state index in [0.717, 1.165) is 15.3 Å². The largest absolute Gasteiger partial charge is 0.321 e. The molecule has 0 aliphatic carbocycles. The number of sulfonamides is 1. The van der Waals surface area contributed by atoms with Gasteiger partial charge in [-0.05, 0) is 38.1 Å². The smallest absolute Gasteiger partial charge is 0.255 e. The van der Waals surface area contributed by atoms with Gasteiger partial charge in [-0.15, -0.1) is 0 Å². The minimum Gasteiger partial charge on any atom is -0.321 e. The number of carbonyl (C=O) groups is 1. The van der Waals surface area contributed by atoms with Gasteiger partial charge in [-0.2, -0.15) is 5.10 Å². The summed E-state index contributed by atoms with van der Waals surface area (Å²) in [5.41, 5.74) is 1.50. The molecule has 0 bridgehead atoms. The van der Waals surface area contributed by atoms with Gasteiger partial charge in [0, 0.05) is 31.1 Å². The van der Waals surface area contributed by atoms with Crippen molar-refractivity contribution >= 4 is 32.7 Å². The highest BCUT2D eigenvalue weighted by Gasteiger charge is 2.19. The molecular formula is C18H21N5O3S. The zero-order valence-corrected chi connectivity index (χ0v) is 16.4. The van der Waals surface area contributed by atoms with Gasteiger partial charge in [0.2, 0.25) is 10.0 Å². The molecule has 3 rings (SSSR count). The number of anilines is 1. The van der Waals surface area contributed by atoms with Gasteiger partial charge in [0.05, 0.1) is 23.0 Å². The Bertz CT molecular complexity index is 1100. The van der Waals surface area contributed by atoms with E-state index in [0.29, 0.717) is 5.69 Å². The number of nitrogens with one attached hydrogen (secondary N) is 1. The summed E-state index contributed by atoms with van der Waals surface area (Å²) >= 11 is 0. The molecule has 0 saturated heterocycles. The van der Waals surface area contributed by atoms with Crippen LogP contribution in [0.2, 0.25) is 0 Å². The monoisotopic (exact) mass is 387 g/mol. The minimum atomic E-state index is -3.61. The van der Waals surface area contributed by atoms with Gasteiger partial charge >= 0.3 is 0 Å². The Morgan fingerprint density at radius 1 is 1.19 bits per heavy atom. The van der Waals surface area contributed by atoms with Crippen molar-refractivity contribution in [2.75, 3.05) is 19.4 Å². The molecule has 0 unspecified atom stereocenters. The predicted octanol–water partition coefficient (Wildman–Crippen LogP) is 2.51. The van der Waals surface area contributed by atoms with E-state index in [-0.39, 0.29) is 16.5 Å². The maximum atomic E-state index is 12.5. The molecule has 1 aromatic carbocycles. The number of rotatable bonds is 5. The van der Waals surface area contributed by atoms with Gasteiger partial charge in [-0.25, -0.2) is 22.4 Å². The van der Waals surface area contributed by atoms with E-state index in [9.17, 15) is 13.2 Å². The SMILES string of the molecule is CC(C)n1ncc2cc(NC(=O)c3cccc(S(=O)(=O)N(C)C)c3)cnc21. The fraction of sp³-hybridized carbons (Fsp3) is 0.278. The summed E-state index contributed by atoms with van der Waals surface area (Å²) in [5, 5.41) is 7.86. The summed E-state index contributed by atoms with van der Waals surface area (Å²) < 4.78 is 27.4. The third-order valence-corrected chi connectivity index (χ3v) is 5.87. The van der Waals surface area contributed by atoms with Crippen LogP contribution in [0.15, 0.2) is 47.6 Å². The number of fused-ring (bicyclic) bond motifs is 1. The molecule has 0 aliphatic heterocycles. The fourth-order valence-corrected chi connectivity index (χ4v) is 3.55. The van der Waals surface area contributed by atoms with Gasteiger partial charge in [0.1, 0.15) is 0 Å². The number of pyridine rings is 1. The van der Waals surface area contributed by atoms with Gasteiger partial charge in [0.15, 0.2) is 5.65 Å². The zero-order chi connectivity index (χ0) is 19.8. The lowest BCUT2D eigenvalue weighted by atomic mass is 10.2. The van der Waals surface area contributed by atoms with Gasteiger partial charge in [-0.1, -0.05) is 6.07 Å². The summed E-state index contributed by atoms with van der Waals surface area (Å²) in [6.45, 7) is 4.02. The van der Waals surface area contributed by atoms with E-state index in [2.05, 4.69) is 15.4 Å². The van der Waals surface area contributed by atoms with Crippen LogP contribution in [0.4, 0.5) is 5.69 Å². The molecule has 9 heteroatoms. The Morgan fingerprint density at radius 2 is 1.93 bits per heavy atom. The first-order chi connectivity index (χ1) is 12.7. The summed E-state index contributed by atoms with van der Waals surface area (Å²) in [6, 6.07) is 7.88. The topological polar surface area (TPSA) is 97.2 Å². The van der Waals surface area contributed by atoms with Crippen LogP contribution < -0.4 is 5.32 Å². The number of aromatic nitrogens is 3. The Labute approximate surface area is 157 Å². The molecule has 0 saturated carbocycles. The third-order valence-electron chi connectivity index (χ3n) is 4.06. The lowest BCUT2D eigenvalue weighted by molar-refractivity contribution is 0.102. The van der Waals surface area contributed by atoms with Crippen molar-refractivity contribution < 1.29 is 13.2 Å². The second-order valence-corrected chi connectivity index (χ2v) is 8.74. The lowest BCUT2D eigenvalue weighted by Crippen LogP contribution is -2.22. The highest BCUT2D eigenvalue weighted by atomic mass is 32.2. The Hall–Kier alpha value is -2.78. The maximum Gasteiger partial charge on any atom is 0.255 e. The molecule has 2 aromatic heterocycles. The second-order valence-electron chi connectivity index (χ2n) is 6.59. The molecule has 0 fully saturated rings. The normalized spacial score (nSPS) is 12.1. The van der Waals surface area contributed by atoms with Crippen molar-refractivity contribution in [3.8, 4) is 0 Å². The Morgan fingerprint density at radius 3 is 2.59 bits per heavy atom. The molecule has 3 aromatic rings. The molecule has 27 heavy (non-hydrogen) atoms. The van der Waals surface area contributed by atoms with Gasteiger partial charge < -0.3 is 5.32 Å². The standard InChI is InChI=1S/C18H21N5O3S/c1-12(2)23-17-14(10-20-23)8-15(11-19-17)21-18(24)13-6-5-7-16(9-13)27(25,26)22(3)4/h5-12H,1-4H3,(H,21,24). The highest BCUT2D eigenvalue weighted by Crippen LogP contribution is 2.20.